The average molecular weight is 516 g/mol. The molecule has 190 valence electrons. The Kier molecular flexibility index (Phi) is 7.36. The van der Waals surface area contributed by atoms with Crippen molar-refractivity contribution in [3.63, 3.8) is 0 Å². The van der Waals surface area contributed by atoms with Gasteiger partial charge in [0.15, 0.2) is 16.9 Å². The summed E-state index contributed by atoms with van der Waals surface area (Å²) in [6.07, 6.45) is 0.466. The zero-order valence-electron chi connectivity index (χ0n) is 20.1. The van der Waals surface area contributed by atoms with E-state index < -0.39 is 34.3 Å². The number of carbonyl (C=O) groups is 4. The second kappa shape index (κ2) is 10.5. The first-order valence-corrected chi connectivity index (χ1v) is 12.2. The zero-order chi connectivity index (χ0) is 25.9. The number of carbonyl (C=O) groups excluding carboxylic acids is 4. The van der Waals surface area contributed by atoms with E-state index in [2.05, 4.69) is 20.4 Å². The lowest BCUT2D eigenvalue weighted by Crippen LogP contribution is -2.63. The number of hydrogen-bond acceptors (Lipinski definition) is 9. The maximum absolute atomic E-state index is 13.7. The Morgan fingerprint density at radius 3 is 2.61 bits per heavy atom. The number of methoxy groups -OCH3 is 1. The van der Waals surface area contributed by atoms with Crippen LogP contribution >= 0.6 is 11.3 Å². The van der Waals surface area contributed by atoms with Crippen LogP contribution in [-0.2, 0) is 30.2 Å². The molecule has 2 aliphatic heterocycles. The van der Waals surface area contributed by atoms with Gasteiger partial charge in [-0.3, -0.25) is 15.4 Å². The summed E-state index contributed by atoms with van der Waals surface area (Å²) in [4.78, 5) is 56.4. The quantitative estimate of drug-likeness (QED) is 0.296. The molecule has 1 aromatic carbocycles. The summed E-state index contributed by atoms with van der Waals surface area (Å²) in [5.41, 5.74) is 0.932. The van der Waals surface area contributed by atoms with Crippen molar-refractivity contribution in [2.45, 2.75) is 32.7 Å². The molecule has 1 unspecified atom stereocenters. The zero-order valence-corrected chi connectivity index (χ0v) is 20.9. The summed E-state index contributed by atoms with van der Waals surface area (Å²) in [5.74, 6) is -1.51. The summed E-state index contributed by atoms with van der Waals surface area (Å²) in [7, 11) is 1.23. The van der Waals surface area contributed by atoms with Gasteiger partial charge in [-0.2, -0.15) is 0 Å². The molecule has 0 saturated carbocycles. The molecular formula is C24H27N4O7S+. The van der Waals surface area contributed by atoms with Gasteiger partial charge in [0.25, 0.3) is 5.91 Å². The van der Waals surface area contributed by atoms with E-state index in [1.807, 2.05) is 44.2 Å². The number of hydrogen-bond donors (Lipinski definition) is 2. The monoisotopic (exact) mass is 515 g/mol. The lowest BCUT2D eigenvalue weighted by Gasteiger charge is -2.33. The van der Waals surface area contributed by atoms with E-state index in [1.54, 1.807) is 0 Å². The van der Waals surface area contributed by atoms with Crippen molar-refractivity contribution in [1.29, 1.82) is 0 Å². The number of urea groups is 1. The molecule has 2 aliphatic rings. The maximum atomic E-state index is 13.7. The lowest BCUT2D eigenvalue weighted by molar-refractivity contribution is -0.764. The van der Waals surface area contributed by atoms with Gasteiger partial charge in [0, 0.05) is 18.2 Å². The second-order valence-electron chi connectivity index (χ2n) is 8.74. The third-order valence-corrected chi connectivity index (χ3v) is 6.65. The summed E-state index contributed by atoms with van der Waals surface area (Å²) in [5, 5.41) is 6.84. The maximum Gasteiger partial charge on any atom is 0.433 e. The van der Waals surface area contributed by atoms with Crippen LogP contribution in [0.3, 0.4) is 0 Å². The fourth-order valence-corrected chi connectivity index (χ4v) is 4.97. The minimum atomic E-state index is -1.17. The topological polar surface area (TPSA) is 133 Å². The number of imide groups is 1. The van der Waals surface area contributed by atoms with E-state index in [9.17, 15) is 19.2 Å². The molecule has 2 atom stereocenters. The van der Waals surface area contributed by atoms with Crippen LogP contribution in [0, 0.1) is 5.92 Å². The highest BCUT2D eigenvalue weighted by atomic mass is 32.1. The molecule has 0 spiro atoms. The molecule has 1 saturated heterocycles. The normalized spacial score (nSPS) is 20.1. The van der Waals surface area contributed by atoms with Crippen LogP contribution in [-0.4, -0.2) is 59.8 Å². The molecule has 12 heteroatoms. The van der Waals surface area contributed by atoms with Gasteiger partial charge in [0.2, 0.25) is 12.6 Å². The van der Waals surface area contributed by atoms with E-state index in [-0.39, 0.29) is 48.8 Å². The van der Waals surface area contributed by atoms with E-state index in [0.717, 1.165) is 16.9 Å². The number of allylic oxidation sites excluding steroid dienone is 1. The number of rotatable bonds is 9. The molecule has 4 amide bonds. The lowest BCUT2D eigenvalue weighted by atomic mass is 9.99. The van der Waals surface area contributed by atoms with Crippen molar-refractivity contribution in [3.8, 4) is 0 Å². The van der Waals surface area contributed by atoms with E-state index in [0.29, 0.717) is 5.76 Å². The molecule has 4 rings (SSSR count). The highest BCUT2D eigenvalue weighted by Gasteiger charge is 2.64. The summed E-state index contributed by atoms with van der Waals surface area (Å²) >= 11 is 1.03. The predicted molar refractivity (Wildman–Crippen MR) is 128 cm³/mol. The minimum absolute atomic E-state index is 0.00837. The number of anilines is 1. The van der Waals surface area contributed by atoms with Gasteiger partial charge in [-0.1, -0.05) is 48.7 Å². The van der Waals surface area contributed by atoms with E-state index in [1.165, 1.54) is 12.5 Å². The van der Waals surface area contributed by atoms with Crippen molar-refractivity contribution in [1.82, 2.24) is 10.3 Å². The van der Waals surface area contributed by atoms with Gasteiger partial charge >= 0.3 is 23.8 Å². The molecule has 0 aliphatic carbocycles. The minimum Gasteiger partial charge on any atom is -0.464 e. The largest absolute Gasteiger partial charge is 0.464 e. The Morgan fingerprint density at radius 1 is 1.22 bits per heavy atom. The first kappa shape index (κ1) is 25.3. The third-order valence-electron chi connectivity index (χ3n) is 5.89. The van der Waals surface area contributed by atoms with Crippen molar-refractivity contribution < 1.29 is 37.9 Å². The highest BCUT2D eigenvalue weighted by molar-refractivity contribution is 7.14. The molecule has 0 bridgehead atoms. The van der Waals surface area contributed by atoms with Gasteiger partial charge in [0.1, 0.15) is 6.54 Å². The number of nitrogens with zero attached hydrogens (tertiary/aromatic N) is 2. The number of benzene rings is 1. The van der Waals surface area contributed by atoms with Crippen molar-refractivity contribution in [2.24, 2.45) is 5.92 Å². The Labute approximate surface area is 211 Å². The number of ether oxygens (including phenoxy) is 3. The SMILES string of the molecule is COC(=O)c1csc(NC(=O)[C@H](CC(C)C)[N+]2(C3=C(Cc4ccccc4)OCO3)C(=O)CNC2=O)n1. The fraction of sp³-hybridized carbons (Fsp3) is 0.375. The molecule has 1 aromatic heterocycles. The van der Waals surface area contributed by atoms with Gasteiger partial charge in [-0.25, -0.2) is 19.4 Å². The fourth-order valence-electron chi connectivity index (χ4n) is 4.29. The Hall–Kier alpha value is -3.77. The predicted octanol–water partition coefficient (Wildman–Crippen LogP) is 2.77. The Balaban J connectivity index is 1.76. The van der Waals surface area contributed by atoms with Gasteiger partial charge in [-0.05, 0) is 11.5 Å². The van der Waals surface area contributed by atoms with Crippen LogP contribution in [0.4, 0.5) is 9.93 Å². The van der Waals surface area contributed by atoms with Crippen molar-refractivity contribution in [3.05, 3.63) is 58.6 Å². The summed E-state index contributed by atoms with van der Waals surface area (Å²) < 4.78 is 15.2. The number of amides is 4. The number of nitrogens with one attached hydrogen (secondary N) is 2. The first-order valence-electron chi connectivity index (χ1n) is 11.4. The molecule has 36 heavy (non-hydrogen) atoms. The van der Waals surface area contributed by atoms with Crippen LogP contribution in [0.1, 0.15) is 36.3 Å². The van der Waals surface area contributed by atoms with Crippen LogP contribution < -0.4 is 10.6 Å². The number of quaternary nitrogens is 1. The molecule has 2 N–H and O–H groups in total. The summed E-state index contributed by atoms with van der Waals surface area (Å²) in [6.45, 7) is 3.34. The van der Waals surface area contributed by atoms with Gasteiger partial charge < -0.3 is 14.2 Å². The Morgan fingerprint density at radius 2 is 1.97 bits per heavy atom. The van der Waals surface area contributed by atoms with Crippen LogP contribution in [0.15, 0.2) is 47.4 Å². The average Bonchev–Trinajstić information content (AvgIpc) is 3.58. The smallest absolute Gasteiger partial charge is 0.433 e. The molecule has 3 heterocycles. The second-order valence-corrected chi connectivity index (χ2v) is 9.59. The van der Waals surface area contributed by atoms with Crippen LogP contribution in [0.5, 0.6) is 0 Å². The molecule has 11 nitrogen and oxygen atoms in total. The van der Waals surface area contributed by atoms with E-state index >= 15 is 0 Å². The highest BCUT2D eigenvalue weighted by Crippen LogP contribution is 2.38. The van der Waals surface area contributed by atoms with Crippen LogP contribution in [0.2, 0.25) is 0 Å². The molecule has 0 radical (unpaired) electrons. The third kappa shape index (κ3) is 4.69. The van der Waals surface area contributed by atoms with E-state index in [4.69, 9.17) is 9.47 Å². The van der Waals surface area contributed by atoms with Gasteiger partial charge in [0.05, 0.1) is 7.11 Å². The van der Waals surface area contributed by atoms with Gasteiger partial charge in [-0.15, -0.1) is 11.3 Å². The molecule has 2 aromatic rings. The van der Waals surface area contributed by atoms with Crippen LogP contribution in [0.25, 0.3) is 0 Å². The van der Waals surface area contributed by atoms with Crippen molar-refractivity contribution in [2.75, 3.05) is 25.8 Å². The summed E-state index contributed by atoms with van der Waals surface area (Å²) in [6, 6.07) is 7.56. The standard InChI is InChI=1S/C24H26N4O7S/c1-14(2)9-17(20(30)27-23-26-16(12-36-23)22(31)33-3)28(19(29)11-25-24(28)32)21-18(34-13-35-21)10-15-7-5-4-6-8-15/h4-8,12,14,17H,9-11,13H2,1-3H3,(H-,25,26,27,30,32)/p+1/t17-,28?/m0/s1. The number of aromatic nitrogens is 1. The number of thiazole rings is 1. The molecule has 1 fully saturated rings. The molecular weight excluding hydrogens is 488 g/mol. The first-order chi connectivity index (χ1) is 17.3. The number of esters is 1. The van der Waals surface area contributed by atoms with Crippen molar-refractivity contribution >= 4 is 40.3 Å². The Bertz CT molecular complexity index is 1190.